The number of para-hydroxylation sites is 1. The van der Waals surface area contributed by atoms with Gasteiger partial charge in [-0.15, -0.1) is 11.8 Å². The first-order valence-corrected chi connectivity index (χ1v) is 8.66. The van der Waals surface area contributed by atoms with E-state index in [1.54, 1.807) is 18.2 Å². The number of ether oxygens (including phenoxy) is 1. The molecule has 0 spiro atoms. The number of hydrogen-bond acceptors (Lipinski definition) is 6. The summed E-state index contributed by atoms with van der Waals surface area (Å²) in [6, 6.07) is 6.55. The fraction of sp³-hybridized carbons (Fsp3) is 0.375. The van der Waals surface area contributed by atoms with E-state index < -0.39 is 12.0 Å². The fourth-order valence-corrected chi connectivity index (χ4v) is 3.81. The van der Waals surface area contributed by atoms with Crippen LogP contribution in [0.25, 0.3) is 10.9 Å². The zero-order valence-electron chi connectivity index (χ0n) is 13.2. The molecule has 1 atom stereocenters. The zero-order chi connectivity index (χ0) is 17.1. The minimum absolute atomic E-state index is 0.133. The predicted octanol–water partition coefficient (Wildman–Crippen LogP) is 0.861. The van der Waals surface area contributed by atoms with Crippen LogP contribution in [0.1, 0.15) is 6.42 Å². The standard InChI is InChI=1S/C16H17N3O4S/c1-23-16(22)13-8-24-10-19(13)14(20)6-7-18-9-17-12-5-3-2-4-11(12)15(18)21/h2-5,9,13H,6-8,10H2,1H3/t13-/m1/s1. The van der Waals surface area contributed by atoms with Crippen molar-refractivity contribution < 1.29 is 14.3 Å². The number of amides is 1. The number of carbonyl (C=O) groups excluding carboxylic acids is 2. The number of aryl methyl sites for hydroxylation is 1. The van der Waals surface area contributed by atoms with Crippen molar-refractivity contribution in [2.45, 2.75) is 19.0 Å². The van der Waals surface area contributed by atoms with Gasteiger partial charge in [-0.1, -0.05) is 12.1 Å². The molecule has 0 aliphatic carbocycles. The van der Waals surface area contributed by atoms with E-state index in [0.717, 1.165) is 0 Å². The van der Waals surface area contributed by atoms with Crippen LogP contribution < -0.4 is 5.56 Å². The van der Waals surface area contributed by atoms with Gasteiger partial charge in [-0.25, -0.2) is 9.78 Å². The number of aromatic nitrogens is 2. The van der Waals surface area contributed by atoms with Crippen LogP contribution in [0, 0.1) is 0 Å². The summed E-state index contributed by atoms with van der Waals surface area (Å²) in [7, 11) is 1.31. The molecule has 1 aromatic heterocycles. The van der Waals surface area contributed by atoms with Gasteiger partial charge in [0, 0.05) is 18.7 Å². The van der Waals surface area contributed by atoms with Crippen LogP contribution in [-0.4, -0.2) is 51.1 Å². The number of thioether (sulfide) groups is 1. The van der Waals surface area contributed by atoms with Crippen molar-refractivity contribution in [2.24, 2.45) is 0 Å². The van der Waals surface area contributed by atoms with Gasteiger partial charge in [0.2, 0.25) is 5.91 Å². The largest absolute Gasteiger partial charge is 0.467 e. The Balaban J connectivity index is 1.72. The van der Waals surface area contributed by atoms with Crippen LogP contribution >= 0.6 is 11.8 Å². The lowest BCUT2D eigenvalue weighted by molar-refractivity contribution is -0.150. The Morgan fingerprint density at radius 1 is 1.38 bits per heavy atom. The summed E-state index contributed by atoms with van der Waals surface area (Å²) in [5, 5.41) is 0.525. The molecular weight excluding hydrogens is 330 g/mol. The molecule has 1 aromatic carbocycles. The van der Waals surface area contributed by atoms with E-state index in [1.165, 1.54) is 34.7 Å². The molecule has 3 rings (SSSR count). The fourth-order valence-electron chi connectivity index (χ4n) is 2.64. The Bertz CT molecular complexity index is 835. The van der Waals surface area contributed by atoms with Gasteiger partial charge in [-0.3, -0.25) is 14.2 Å². The second-order valence-electron chi connectivity index (χ2n) is 5.41. The van der Waals surface area contributed by atoms with Crippen LogP contribution in [0.15, 0.2) is 35.4 Å². The minimum atomic E-state index is -0.543. The molecule has 8 heteroatoms. The van der Waals surface area contributed by atoms with Crippen molar-refractivity contribution in [3.05, 3.63) is 40.9 Å². The monoisotopic (exact) mass is 347 g/mol. The first-order chi connectivity index (χ1) is 11.6. The van der Waals surface area contributed by atoms with Crippen molar-refractivity contribution in [1.29, 1.82) is 0 Å². The highest BCUT2D eigenvalue weighted by Crippen LogP contribution is 2.22. The van der Waals surface area contributed by atoms with Crippen LogP contribution in [0.5, 0.6) is 0 Å². The second kappa shape index (κ2) is 7.04. The third-order valence-electron chi connectivity index (χ3n) is 3.97. The Hall–Kier alpha value is -2.35. The molecule has 126 valence electrons. The molecular formula is C16H17N3O4S. The molecule has 1 aliphatic heterocycles. The van der Waals surface area contributed by atoms with Gasteiger partial charge < -0.3 is 9.64 Å². The summed E-state index contributed by atoms with van der Waals surface area (Å²) in [6.07, 6.45) is 1.59. The van der Waals surface area contributed by atoms with Crippen molar-refractivity contribution in [2.75, 3.05) is 18.7 Å². The maximum atomic E-state index is 12.4. The number of hydrogen-bond donors (Lipinski definition) is 0. The average Bonchev–Trinajstić information content (AvgIpc) is 3.10. The highest BCUT2D eigenvalue weighted by atomic mass is 32.2. The quantitative estimate of drug-likeness (QED) is 0.763. The van der Waals surface area contributed by atoms with Crippen molar-refractivity contribution >= 4 is 34.5 Å². The Labute approximate surface area is 142 Å². The summed E-state index contributed by atoms with van der Waals surface area (Å²) in [5.41, 5.74) is 0.459. The molecule has 24 heavy (non-hydrogen) atoms. The third-order valence-corrected chi connectivity index (χ3v) is 4.99. The number of benzene rings is 1. The van der Waals surface area contributed by atoms with Gasteiger partial charge in [0.25, 0.3) is 5.56 Å². The SMILES string of the molecule is COC(=O)[C@H]1CSCN1C(=O)CCn1cnc2ccccc2c1=O. The lowest BCUT2D eigenvalue weighted by Crippen LogP contribution is -2.42. The molecule has 1 aliphatic rings. The molecule has 1 amide bonds. The minimum Gasteiger partial charge on any atom is -0.467 e. The van der Waals surface area contributed by atoms with Crippen molar-refractivity contribution in [3.8, 4) is 0 Å². The average molecular weight is 347 g/mol. The van der Waals surface area contributed by atoms with Gasteiger partial charge in [-0.2, -0.15) is 0 Å². The number of fused-ring (bicyclic) bond motifs is 1. The number of rotatable bonds is 4. The van der Waals surface area contributed by atoms with Crippen LogP contribution in [-0.2, 0) is 20.9 Å². The van der Waals surface area contributed by atoms with E-state index in [9.17, 15) is 14.4 Å². The maximum Gasteiger partial charge on any atom is 0.329 e. The van der Waals surface area contributed by atoms with E-state index in [0.29, 0.717) is 22.5 Å². The van der Waals surface area contributed by atoms with Crippen LogP contribution in [0.4, 0.5) is 0 Å². The number of carbonyl (C=O) groups is 2. The summed E-state index contributed by atoms with van der Waals surface area (Å²) in [4.78, 5) is 42.2. The highest BCUT2D eigenvalue weighted by molar-refractivity contribution is 7.99. The van der Waals surface area contributed by atoms with E-state index >= 15 is 0 Å². The summed E-state index contributed by atoms with van der Waals surface area (Å²) in [5.74, 6) is 0.424. The molecule has 2 aromatic rings. The van der Waals surface area contributed by atoms with Gasteiger partial charge in [0.05, 0.1) is 30.2 Å². The van der Waals surface area contributed by atoms with E-state index in [-0.39, 0.29) is 24.4 Å². The smallest absolute Gasteiger partial charge is 0.329 e. The second-order valence-corrected chi connectivity index (χ2v) is 6.41. The molecule has 0 radical (unpaired) electrons. The maximum absolute atomic E-state index is 12.4. The first-order valence-electron chi connectivity index (χ1n) is 7.51. The normalized spacial score (nSPS) is 17.2. The van der Waals surface area contributed by atoms with Crippen LogP contribution in [0.2, 0.25) is 0 Å². The van der Waals surface area contributed by atoms with E-state index in [4.69, 9.17) is 4.74 Å². The molecule has 1 fully saturated rings. The molecule has 0 unspecified atom stereocenters. The topological polar surface area (TPSA) is 81.5 Å². The van der Waals surface area contributed by atoms with Gasteiger partial charge in [-0.05, 0) is 12.1 Å². The molecule has 0 bridgehead atoms. The van der Waals surface area contributed by atoms with Gasteiger partial charge in [0.1, 0.15) is 6.04 Å². The number of esters is 1. The van der Waals surface area contributed by atoms with Gasteiger partial charge >= 0.3 is 5.97 Å². The van der Waals surface area contributed by atoms with Crippen molar-refractivity contribution in [3.63, 3.8) is 0 Å². The molecule has 0 saturated carbocycles. The molecule has 1 saturated heterocycles. The zero-order valence-corrected chi connectivity index (χ0v) is 14.0. The molecule has 7 nitrogen and oxygen atoms in total. The highest BCUT2D eigenvalue weighted by Gasteiger charge is 2.35. The Morgan fingerprint density at radius 3 is 2.96 bits per heavy atom. The number of nitrogens with zero attached hydrogens (tertiary/aromatic N) is 3. The predicted molar refractivity (Wildman–Crippen MR) is 90.6 cm³/mol. The lowest BCUT2D eigenvalue weighted by atomic mass is 10.2. The lowest BCUT2D eigenvalue weighted by Gasteiger charge is -2.21. The van der Waals surface area contributed by atoms with E-state index in [2.05, 4.69) is 4.98 Å². The molecule has 2 heterocycles. The first kappa shape index (κ1) is 16.5. The van der Waals surface area contributed by atoms with E-state index in [1.807, 2.05) is 6.07 Å². The van der Waals surface area contributed by atoms with Crippen LogP contribution in [0.3, 0.4) is 0 Å². The summed E-state index contributed by atoms with van der Waals surface area (Å²) < 4.78 is 6.16. The summed E-state index contributed by atoms with van der Waals surface area (Å²) in [6.45, 7) is 0.227. The Kier molecular flexibility index (Phi) is 4.84. The summed E-state index contributed by atoms with van der Waals surface area (Å²) >= 11 is 1.51. The molecule has 0 N–H and O–H groups in total. The Morgan fingerprint density at radius 2 is 2.17 bits per heavy atom. The number of methoxy groups -OCH3 is 1. The van der Waals surface area contributed by atoms with Gasteiger partial charge in [0.15, 0.2) is 0 Å². The van der Waals surface area contributed by atoms with Crippen molar-refractivity contribution in [1.82, 2.24) is 14.5 Å². The third kappa shape index (κ3) is 3.14.